The first-order chi connectivity index (χ1) is 11.7. The molecule has 3 N–H and O–H groups in total. The SMILES string of the molecule is Cc1sc2nc[nH]c(=O)c2c1C(=O)N(C)c1ccc(S(N)(=O)=O)nc1. The molecular formula is C14H13N5O4S2. The molecule has 25 heavy (non-hydrogen) atoms. The van der Waals surface area contributed by atoms with Gasteiger partial charge in [0.25, 0.3) is 21.5 Å². The van der Waals surface area contributed by atoms with Crippen LogP contribution in [0.2, 0.25) is 0 Å². The van der Waals surface area contributed by atoms with E-state index in [1.807, 2.05) is 0 Å². The highest BCUT2D eigenvalue weighted by Gasteiger charge is 2.24. The van der Waals surface area contributed by atoms with Crippen LogP contribution in [0, 0.1) is 6.92 Å². The van der Waals surface area contributed by atoms with E-state index in [-0.39, 0.29) is 16.0 Å². The van der Waals surface area contributed by atoms with Crippen molar-refractivity contribution in [3.63, 3.8) is 0 Å². The van der Waals surface area contributed by atoms with E-state index in [4.69, 9.17) is 5.14 Å². The van der Waals surface area contributed by atoms with E-state index in [1.54, 1.807) is 6.92 Å². The van der Waals surface area contributed by atoms with Gasteiger partial charge >= 0.3 is 0 Å². The Bertz CT molecular complexity index is 1130. The van der Waals surface area contributed by atoms with Gasteiger partial charge in [-0.3, -0.25) is 9.59 Å². The number of nitrogens with zero attached hydrogens (tertiary/aromatic N) is 3. The molecule has 3 aromatic rings. The van der Waals surface area contributed by atoms with Crippen LogP contribution in [0.1, 0.15) is 15.2 Å². The number of hydrogen-bond donors (Lipinski definition) is 2. The van der Waals surface area contributed by atoms with Gasteiger partial charge in [-0.05, 0) is 19.1 Å². The number of thiophene rings is 1. The van der Waals surface area contributed by atoms with E-state index in [0.29, 0.717) is 15.4 Å². The van der Waals surface area contributed by atoms with E-state index in [1.165, 1.54) is 47.9 Å². The van der Waals surface area contributed by atoms with Gasteiger partial charge < -0.3 is 9.88 Å². The number of carbonyl (C=O) groups excluding carboxylic acids is 1. The molecule has 0 saturated heterocycles. The molecule has 0 bridgehead atoms. The van der Waals surface area contributed by atoms with Crippen LogP contribution in [0.5, 0.6) is 0 Å². The molecule has 0 saturated carbocycles. The first-order valence-corrected chi connectivity index (χ1v) is 9.30. The van der Waals surface area contributed by atoms with Gasteiger partial charge in [-0.2, -0.15) is 0 Å². The molecule has 0 aliphatic heterocycles. The molecule has 0 atom stereocenters. The number of amides is 1. The fraction of sp³-hybridized carbons (Fsp3) is 0.143. The smallest absolute Gasteiger partial charge is 0.260 e. The number of nitrogens with one attached hydrogen (secondary N) is 1. The number of primary sulfonamides is 1. The number of aryl methyl sites for hydroxylation is 1. The van der Waals surface area contributed by atoms with Crippen molar-refractivity contribution in [2.24, 2.45) is 5.14 Å². The second kappa shape index (κ2) is 6.02. The molecule has 0 unspecified atom stereocenters. The van der Waals surface area contributed by atoms with Crippen LogP contribution in [-0.2, 0) is 10.0 Å². The van der Waals surface area contributed by atoms with Crippen molar-refractivity contribution in [1.82, 2.24) is 15.0 Å². The zero-order valence-corrected chi connectivity index (χ0v) is 14.8. The van der Waals surface area contributed by atoms with Gasteiger partial charge in [-0.15, -0.1) is 11.3 Å². The highest BCUT2D eigenvalue weighted by Crippen LogP contribution is 2.28. The summed E-state index contributed by atoms with van der Waals surface area (Å²) in [6.07, 6.45) is 2.51. The Kier molecular flexibility index (Phi) is 4.14. The molecule has 11 heteroatoms. The predicted molar refractivity (Wildman–Crippen MR) is 93.3 cm³/mol. The fourth-order valence-corrected chi connectivity index (χ4v) is 3.78. The molecule has 0 aromatic carbocycles. The van der Waals surface area contributed by atoms with Crippen molar-refractivity contribution in [3.8, 4) is 0 Å². The Hall–Kier alpha value is -2.63. The first kappa shape index (κ1) is 17.2. The summed E-state index contributed by atoms with van der Waals surface area (Å²) in [5.41, 5.74) is 0.220. The lowest BCUT2D eigenvalue weighted by Crippen LogP contribution is -2.28. The highest BCUT2D eigenvalue weighted by molar-refractivity contribution is 7.89. The van der Waals surface area contributed by atoms with Gasteiger partial charge in [0.05, 0.1) is 29.2 Å². The number of aromatic amines is 1. The molecule has 130 valence electrons. The number of anilines is 1. The van der Waals surface area contributed by atoms with Gasteiger partial charge in [0.2, 0.25) is 0 Å². The maximum Gasteiger partial charge on any atom is 0.260 e. The molecular weight excluding hydrogens is 366 g/mol. The van der Waals surface area contributed by atoms with Gasteiger partial charge in [0.15, 0.2) is 5.03 Å². The first-order valence-electron chi connectivity index (χ1n) is 6.94. The Morgan fingerprint density at radius 1 is 1.32 bits per heavy atom. The summed E-state index contributed by atoms with van der Waals surface area (Å²) >= 11 is 1.25. The zero-order chi connectivity index (χ0) is 18.4. The Morgan fingerprint density at radius 2 is 2.04 bits per heavy atom. The predicted octanol–water partition coefficient (Wildman–Crippen LogP) is 0.612. The summed E-state index contributed by atoms with van der Waals surface area (Å²) in [6.45, 7) is 1.73. The van der Waals surface area contributed by atoms with Crippen molar-refractivity contribution >= 4 is 43.2 Å². The van der Waals surface area contributed by atoms with E-state index in [9.17, 15) is 18.0 Å². The third kappa shape index (κ3) is 3.04. The number of fused-ring (bicyclic) bond motifs is 1. The third-order valence-corrected chi connectivity index (χ3v) is 5.43. The van der Waals surface area contributed by atoms with Crippen molar-refractivity contribution in [3.05, 3.63) is 45.5 Å². The number of hydrogen-bond acceptors (Lipinski definition) is 7. The topological polar surface area (TPSA) is 139 Å². The van der Waals surface area contributed by atoms with E-state index < -0.39 is 21.5 Å². The highest BCUT2D eigenvalue weighted by atomic mass is 32.2. The maximum atomic E-state index is 12.9. The quantitative estimate of drug-likeness (QED) is 0.683. The minimum Gasteiger partial charge on any atom is -0.313 e. The van der Waals surface area contributed by atoms with Gasteiger partial charge in [0, 0.05) is 11.9 Å². The lowest BCUT2D eigenvalue weighted by Gasteiger charge is -2.17. The number of aromatic nitrogens is 3. The molecule has 0 aliphatic rings. The summed E-state index contributed by atoms with van der Waals surface area (Å²) in [5, 5.41) is 4.94. The van der Waals surface area contributed by atoms with Crippen LogP contribution < -0.4 is 15.6 Å². The maximum absolute atomic E-state index is 12.9. The summed E-state index contributed by atoms with van der Waals surface area (Å²) in [6, 6.07) is 2.62. The molecule has 0 radical (unpaired) electrons. The third-order valence-electron chi connectivity index (χ3n) is 3.59. The molecule has 0 fully saturated rings. The minimum atomic E-state index is -3.92. The van der Waals surface area contributed by atoms with Gasteiger partial charge in [-0.1, -0.05) is 0 Å². The van der Waals surface area contributed by atoms with Gasteiger partial charge in [-0.25, -0.2) is 23.5 Å². The Labute approximate surface area is 146 Å². The second-order valence-electron chi connectivity index (χ2n) is 5.21. The molecule has 0 aliphatic carbocycles. The summed E-state index contributed by atoms with van der Waals surface area (Å²) in [5.74, 6) is -0.424. The lowest BCUT2D eigenvalue weighted by molar-refractivity contribution is 0.0994. The minimum absolute atomic E-state index is 0.232. The molecule has 3 rings (SSSR count). The van der Waals surface area contributed by atoms with Gasteiger partial charge in [0.1, 0.15) is 4.83 Å². The van der Waals surface area contributed by atoms with Crippen LogP contribution >= 0.6 is 11.3 Å². The van der Waals surface area contributed by atoms with Crippen LogP contribution in [-0.4, -0.2) is 36.3 Å². The Balaban J connectivity index is 2.04. The summed E-state index contributed by atoms with van der Waals surface area (Å²) in [7, 11) is -2.41. The van der Waals surface area contributed by atoms with E-state index in [0.717, 1.165) is 0 Å². The number of sulfonamides is 1. The standard InChI is InChI=1S/C14H13N5O4S2/c1-7-10(11-12(20)17-6-18-13(11)24-7)14(21)19(2)8-3-4-9(16-5-8)25(15,22)23/h3-6H,1-2H3,(H2,15,22,23)(H,17,18,20). The van der Waals surface area contributed by atoms with Crippen LogP contribution in [0.25, 0.3) is 10.2 Å². The fourth-order valence-electron chi connectivity index (χ4n) is 2.33. The average molecular weight is 379 g/mol. The molecule has 9 nitrogen and oxygen atoms in total. The monoisotopic (exact) mass is 379 g/mol. The normalized spacial score (nSPS) is 11.6. The number of nitrogens with two attached hydrogens (primary N) is 1. The molecule has 1 amide bonds. The van der Waals surface area contributed by atoms with E-state index in [2.05, 4.69) is 15.0 Å². The van der Waals surface area contributed by atoms with E-state index >= 15 is 0 Å². The van der Waals surface area contributed by atoms with Crippen molar-refractivity contribution in [2.45, 2.75) is 11.9 Å². The van der Waals surface area contributed by atoms with Crippen LogP contribution in [0.15, 0.2) is 34.5 Å². The van der Waals surface area contributed by atoms with Crippen molar-refractivity contribution < 1.29 is 13.2 Å². The van der Waals surface area contributed by atoms with Crippen LogP contribution in [0.3, 0.4) is 0 Å². The molecule has 3 heterocycles. The number of rotatable bonds is 3. The zero-order valence-electron chi connectivity index (χ0n) is 13.2. The molecule has 0 spiro atoms. The Morgan fingerprint density at radius 3 is 2.64 bits per heavy atom. The number of carbonyl (C=O) groups is 1. The number of pyridine rings is 1. The summed E-state index contributed by atoms with van der Waals surface area (Å²) in [4.78, 5) is 37.6. The largest absolute Gasteiger partial charge is 0.313 e. The average Bonchev–Trinajstić information content (AvgIpc) is 2.90. The molecule has 3 aromatic heterocycles. The van der Waals surface area contributed by atoms with Crippen LogP contribution in [0.4, 0.5) is 5.69 Å². The van der Waals surface area contributed by atoms with Crippen molar-refractivity contribution in [2.75, 3.05) is 11.9 Å². The van der Waals surface area contributed by atoms with Crippen molar-refractivity contribution in [1.29, 1.82) is 0 Å². The lowest BCUT2D eigenvalue weighted by atomic mass is 10.1. The second-order valence-corrected chi connectivity index (χ2v) is 7.92. The number of H-pyrrole nitrogens is 1. The summed E-state index contributed by atoms with van der Waals surface area (Å²) < 4.78 is 22.5.